The minimum Gasteiger partial charge on any atom is -0.756 e. The summed E-state index contributed by atoms with van der Waals surface area (Å²) in [6.07, 6.45) is 38.2. The van der Waals surface area contributed by atoms with Gasteiger partial charge in [0.2, 0.25) is 0 Å². The maximum Gasteiger partial charge on any atom is 0.306 e. The molecule has 0 radical (unpaired) electrons. The lowest BCUT2D eigenvalue weighted by Crippen LogP contribution is -2.32. The number of esters is 2. The van der Waals surface area contributed by atoms with Crippen molar-refractivity contribution in [2.75, 3.05) is 37.8 Å². The van der Waals surface area contributed by atoms with Crippen LogP contribution in [0.15, 0.2) is 42.6 Å². The van der Waals surface area contributed by atoms with Crippen molar-refractivity contribution in [3.05, 3.63) is 48.2 Å². The number of rotatable bonds is 38. The van der Waals surface area contributed by atoms with Crippen LogP contribution in [0.3, 0.4) is 0 Å². The number of unbranched alkanes of at least 4 members (excludes halogenated alkanes) is 20. The van der Waals surface area contributed by atoms with Crippen LogP contribution < -0.4 is 14.4 Å². The monoisotopic (exact) mass is 833 g/mol. The van der Waals surface area contributed by atoms with Gasteiger partial charge >= 0.3 is 11.9 Å². The largest absolute Gasteiger partial charge is 0.756 e. The van der Waals surface area contributed by atoms with E-state index in [0.717, 1.165) is 82.3 Å². The van der Waals surface area contributed by atoms with Crippen LogP contribution >= 0.6 is 7.82 Å². The van der Waals surface area contributed by atoms with E-state index < -0.39 is 32.5 Å². The Hall–Kier alpha value is -2.52. The normalized spacial score (nSPS) is 14.3. The van der Waals surface area contributed by atoms with Crippen molar-refractivity contribution in [2.24, 2.45) is 0 Å². The molecule has 1 aliphatic rings. The van der Waals surface area contributed by atoms with E-state index in [1.807, 2.05) is 19.1 Å². The number of ether oxygens (including phenoxy) is 2. The van der Waals surface area contributed by atoms with Crippen LogP contribution in [-0.4, -0.2) is 51.0 Å². The summed E-state index contributed by atoms with van der Waals surface area (Å²) in [5, 5.41) is 0. The van der Waals surface area contributed by atoms with Gasteiger partial charge < -0.3 is 23.4 Å². The Bertz CT molecular complexity index is 1320. The molecule has 0 saturated heterocycles. The maximum atomic E-state index is 12.8. The van der Waals surface area contributed by atoms with Gasteiger partial charge in [0.15, 0.2) is 6.10 Å². The van der Waals surface area contributed by atoms with E-state index in [1.165, 1.54) is 83.5 Å². The zero-order valence-corrected chi connectivity index (χ0v) is 37.7. The third-order valence-electron chi connectivity index (χ3n) is 10.7. The second-order valence-electron chi connectivity index (χ2n) is 16.1. The molecule has 0 N–H and O–H groups in total. The zero-order chi connectivity index (χ0) is 41.9. The fourth-order valence-electron chi connectivity index (χ4n) is 7.15. The number of phosphoric acid groups is 1. The molecule has 2 heterocycles. The van der Waals surface area contributed by atoms with Gasteiger partial charge in [-0.1, -0.05) is 147 Å². The first kappa shape index (κ1) is 51.6. The summed E-state index contributed by atoms with van der Waals surface area (Å²) < 4.78 is 36.2. The molecule has 0 aliphatic carbocycles. The van der Waals surface area contributed by atoms with Gasteiger partial charge in [0.25, 0.3) is 13.6 Å². The molecule has 58 heavy (non-hydrogen) atoms. The average molecular weight is 833 g/mol. The number of hydrogen-bond acceptors (Lipinski definition) is 9. The minimum atomic E-state index is -4.71. The number of allylic oxidation sites excluding steroid dienone is 4. The van der Waals surface area contributed by atoms with E-state index in [-0.39, 0.29) is 26.1 Å². The predicted octanol–water partition coefficient (Wildman–Crippen LogP) is 11.4. The molecule has 10 nitrogen and oxygen atoms in total. The number of hydrogen-bond donors (Lipinski definition) is 0. The Morgan fingerprint density at radius 2 is 1.26 bits per heavy atom. The molecule has 2 unspecified atom stereocenters. The first-order valence-electron chi connectivity index (χ1n) is 23.2. The van der Waals surface area contributed by atoms with Gasteiger partial charge in [0.05, 0.1) is 19.4 Å². The minimum absolute atomic E-state index is 0.0826. The van der Waals surface area contributed by atoms with Gasteiger partial charge in [-0.05, 0) is 63.5 Å². The van der Waals surface area contributed by atoms with Crippen molar-refractivity contribution < 1.29 is 42.1 Å². The second kappa shape index (κ2) is 34.2. The third-order valence-corrected chi connectivity index (χ3v) is 11.6. The molecule has 0 fully saturated rings. The topological polar surface area (TPSA) is 118 Å². The van der Waals surface area contributed by atoms with Gasteiger partial charge in [-0.2, -0.15) is 0 Å². The number of aromatic nitrogens is 1. The van der Waals surface area contributed by atoms with Gasteiger partial charge in [-0.3, -0.25) is 19.1 Å². The van der Waals surface area contributed by atoms with Gasteiger partial charge in [0, 0.05) is 18.9 Å². The molecule has 0 spiro atoms. The van der Waals surface area contributed by atoms with E-state index in [0.29, 0.717) is 19.4 Å². The van der Waals surface area contributed by atoms with Crippen LogP contribution in [0, 0.1) is 6.92 Å². The highest BCUT2D eigenvalue weighted by molar-refractivity contribution is 7.45. The van der Waals surface area contributed by atoms with Crippen molar-refractivity contribution in [3.63, 3.8) is 0 Å². The SMILES string of the molecule is CCCCC/C=C\C/C=C\CCCCCCCC(=O)OCC(COP(=O)([O-])OCCN1CC[n+]2cc(C)ccc21)OC(=O)CCCCCCCCCCCCCCC. The summed E-state index contributed by atoms with van der Waals surface area (Å²) in [7, 11) is -4.71. The van der Waals surface area contributed by atoms with E-state index in [2.05, 4.69) is 53.8 Å². The van der Waals surface area contributed by atoms with Crippen LogP contribution in [0.5, 0.6) is 0 Å². The number of nitrogens with zero attached hydrogens (tertiary/aromatic N) is 2. The fourth-order valence-corrected chi connectivity index (χ4v) is 7.88. The van der Waals surface area contributed by atoms with Gasteiger partial charge in [-0.15, -0.1) is 0 Å². The third kappa shape index (κ3) is 27.3. The lowest BCUT2D eigenvalue weighted by Gasteiger charge is -2.26. The molecular formula is C47H81N2O8P. The average Bonchev–Trinajstić information content (AvgIpc) is 3.60. The van der Waals surface area contributed by atoms with Crippen molar-refractivity contribution in [1.82, 2.24) is 0 Å². The van der Waals surface area contributed by atoms with E-state index in [9.17, 15) is 19.0 Å². The molecule has 2 rings (SSSR count). The number of anilines is 1. The van der Waals surface area contributed by atoms with E-state index in [1.54, 1.807) is 0 Å². The van der Waals surface area contributed by atoms with Crippen molar-refractivity contribution >= 4 is 25.6 Å². The predicted molar refractivity (Wildman–Crippen MR) is 234 cm³/mol. The highest BCUT2D eigenvalue weighted by atomic mass is 31.2. The standard InChI is InChI=1S/C47H81N2O8P/c1-4-6-8-10-12-14-16-18-19-21-22-24-26-28-30-32-46(50)54-41-44(57-47(51)33-31-29-27-25-23-20-17-15-13-11-9-7-5-2)42-56-58(52,53)55-39-38-48-36-37-49-40-43(3)34-35-45(48)49/h12,14,18-19,34-35,40,44H,4-11,13,15-17,20-33,36-39,41-42H2,1-3H3/b14-12-,19-18-. The quantitative estimate of drug-likeness (QED) is 0.0211. The summed E-state index contributed by atoms with van der Waals surface area (Å²) in [6.45, 7) is 7.63. The summed E-state index contributed by atoms with van der Waals surface area (Å²) in [5.74, 6) is 0.153. The number of pyridine rings is 1. The van der Waals surface area contributed by atoms with E-state index >= 15 is 0 Å². The Labute approximate surface area is 353 Å². The molecular weight excluding hydrogens is 751 g/mol. The number of carbonyl (C=O) groups is 2. The molecule has 2 atom stereocenters. The number of carbonyl (C=O) groups excluding carboxylic acids is 2. The van der Waals surface area contributed by atoms with Crippen LogP contribution in [0.4, 0.5) is 5.82 Å². The molecule has 0 aromatic carbocycles. The molecule has 0 saturated carbocycles. The van der Waals surface area contributed by atoms with E-state index in [4.69, 9.17) is 18.5 Å². The first-order chi connectivity index (χ1) is 28.2. The fraction of sp³-hybridized carbons (Fsp3) is 0.766. The van der Waals surface area contributed by atoms with Gasteiger partial charge in [0.1, 0.15) is 26.2 Å². The maximum absolute atomic E-state index is 12.8. The lowest BCUT2D eigenvalue weighted by atomic mass is 10.0. The molecule has 1 aromatic rings. The molecule has 0 bridgehead atoms. The summed E-state index contributed by atoms with van der Waals surface area (Å²) in [5.41, 5.74) is 1.16. The number of phosphoric ester groups is 1. The summed E-state index contributed by atoms with van der Waals surface area (Å²) >= 11 is 0. The van der Waals surface area contributed by atoms with Crippen molar-refractivity contribution in [3.8, 4) is 0 Å². The van der Waals surface area contributed by atoms with Gasteiger partial charge in [-0.25, -0.2) is 4.57 Å². The van der Waals surface area contributed by atoms with Crippen molar-refractivity contribution in [1.29, 1.82) is 0 Å². The number of aryl methyl sites for hydroxylation is 1. The lowest BCUT2D eigenvalue weighted by molar-refractivity contribution is -0.671. The number of fused-ring (bicyclic) bond motifs is 1. The summed E-state index contributed by atoms with van der Waals surface area (Å²) in [6, 6.07) is 4.04. The second-order valence-corrected chi connectivity index (χ2v) is 17.5. The molecule has 1 aliphatic heterocycles. The Kier molecular flexibility index (Phi) is 30.5. The molecule has 1 aromatic heterocycles. The first-order valence-corrected chi connectivity index (χ1v) is 24.7. The summed E-state index contributed by atoms with van der Waals surface area (Å²) in [4.78, 5) is 40.1. The van der Waals surface area contributed by atoms with Crippen LogP contribution in [-0.2, 0) is 39.2 Å². The zero-order valence-electron chi connectivity index (χ0n) is 36.9. The Morgan fingerprint density at radius 1 is 0.724 bits per heavy atom. The molecule has 11 heteroatoms. The van der Waals surface area contributed by atoms with Crippen LogP contribution in [0.2, 0.25) is 0 Å². The van der Waals surface area contributed by atoms with Crippen LogP contribution in [0.1, 0.15) is 186 Å². The molecule has 332 valence electrons. The highest BCUT2D eigenvalue weighted by Crippen LogP contribution is 2.38. The Morgan fingerprint density at radius 3 is 1.88 bits per heavy atom. The smallest absolute Gasteiger partial charge is 0.306 e. The highest BCUT2D eigenvalue weighted by Gasteiger charge is 2.27. The Balaban J connectivity index is 1.68. The van der Waals surface area contributed by atoms with Crippen LogP contribution in [0.25, 0.3) is 0 Å². The molecule has 0 amide bonds. The van der Waals surface area contributed by atoms with Crippen molar-refractivity contribution in [2.45, 2.75) is 200 Å².